The van der Waals surface area contributed by atoms with Crippen molar-refractivity contribution in [2.24, 2.45) is 0 Å². The van der Waals surface area contributed by atoms with Gasteiger partial charge in [0, 0.05) is 49.7 Å². The molecule has 128 valence electrons. The Morgan fingerprint density at radius 3 is 2.79 bits per heavy atom. The van der Waals surface area contributed by atoms with Crippen molar-refractivity contribution in [3.05, 3.63) is 36.7 Å². The molecule has 0 radical (unpaired) electrons. The Morgan fingerprint density at radius 2 is 2.00 bits per heavy atom. The molecule has 3 heterocycles. The van der Waals surface area contributed by atoms with Crippen molar-refractivity contribution in [1.82, 2.24) is 14.5 Å². The van der Waals surface area contributed by atoms with Crippen LogP contribution < -0.4 is 0 Å². The molecule has 6 nitrogen and oxygen atoms in total. The summed E-state index contributed by atoms with van der Waals surface area (Å²) in [5.41, 5.74) is 1.01. The van der Waals surface area contributed by atoms with Crippen LogP contribution in [0.1, 0.15) is 18.9 Å². The van der Waals surface area contributed by atoms with Crippen molar-refractivity contribution in [2.45, 2.75) is 31.0 Å². The minimum atomic E-state index is 0.143. The summed E-state index contributed by atoms with van der Waals surface area (Å²) in [6.07, 6.45) is 5.77. The van der Waals surface area contributed by atoms with E-state index in [1.165, 1.54) is 0 Å². The SMILES string of the molecule is OCC[C@H]1CN2C[C@H](n3ccnc3-c3ccc(O)cc3)C[C@H]2CO1. The maximum atomic E-state index is 9.48. The second-order valence-corrected chi connectivity index (χ2v) is 6.67. The molecule has 0 amide bonds. The second kappa shape index (κ2) is 6.55. The minimum absolute atomic E-state index is 0.143. The Labute approximate surface area is 141 Å². The van der Waals surface area contributed by atoms with Gasteiger partial charge in [0.25, 0.3) is 0 Å². The fraction of sp³-hybridized carbons (Fsp3) is 0.500. The normalized spacial score (nSPS) is 27.3. The average Bonchev–Trinajstić information content (AvgIpc) is 3.21. The first-order chi connectivity index (χ1) is 11.7. The number of aliphatic hydroxyl groups excluding tert-OH is 1. The standard InChI is InChI=1S/C18H23N3O3/c22-8-5-17-11-20-10-14(9-15(20)12-24-17)21-7-6-19-18(21)13-1-3-16(23)4-2-13/h1-4,6-7,14-15,17,22-23H,5,8-12H2/t14-,15+,17+/m1/s1. The van der Waals surface area contributed by atoms with Crippen LogP contribution in [0.25, 0.3) is 11.4 Å². The predicted octanol–water partition coefficient (Wildman–Crippen LogP) is 1.65. The van der Waals surface area contributed by atoms with Crippen molar-refractivity contribution in [3.8, 4) is 17.1 Å². The van der Waals surface area contributed by atoms with E-state index < -0.39 is 0 Å². The summed E-state index contributed by atoms with van der Waals surface area (Å²) in [7, 11) is 0. The smallest absolute Gasteiger partial charge is 0.140 e. The first kappa shape index (κ1) is 15.6. The zero-order chi connectivity index (χ0) is 16.5. The highest BCUT2D eigenvalue weighted by Crippen LogP contribution is 2.34. The number of fused-ring (bicyclic) bond motifs is 1. The largest absolute Gasteiger partial charge is 0.508 e. The molecule has 2 fully saturated rings. The summed E-state index contributed by atoms with van der Waals surface area (Å²) < 4.78 is 8.11. The number of benzene rings is 1. The number of hydrogen-bond acceptors (Lipinski definition) is 5. The molecule has 4 rings (SSSR count). The van der Waals surface area contributed by atoms with Crippen LogP contribution in [0.3, 0.4) is 0 Å². The molecule has 6 heteroatoms. The fourth-order valence-corrected chi connectivity index (χ4v) is 3.88. The Hall–Kier alpha value is -1.89. The number of aliphatic hydroxyl groups is 1. The highest BCUT2D eigenvalue weighted by Gasteiger charge is 2.38. The van der Waals surface area contributed by atoms with Gasteiger partial charge in [-0.15, -0.1) is 0 Å². The lowest BCUT2D eigenvalue weighted by molar-refractivity contribution is -0.0567. The maximum Gasteiger partial charge on any atom is 0.140 e. The van der Waals surface area contributed by atoms with Crippen molar-refractivity contribution in [2.75, 3.05) is 26.3 Å². The predicted molar refractivity (Wildman–Crippen MR) is 89.8 cm³/mol. The zero-order valence-corrected chi connectivity index (χ0v) is 13.6. The van der Waals surface area contributed by atoms with Gasteiger partial charge in [-0.25, -0.2) is 4.98 Å². The van der Waals surface area contributed by atoms with E-state index in [4.69, 9.17) is 9.84 Å². The Bertz CT molecular complexity index is 685. The first-order valence-electron chi connectivity index (χ1n) is 8.53. The summed E-state index contributed by atoms with van der Waals surface area (Å²) in [5.74, 6) is 1.20. The van der Waals surface area contributed by atoms with Crippen molar-refractivity contribution in [1.29, 1.82) is 0 Å². The van der Waals surface area contributed by atoms with Crippen LogP contribution in [0.15, 0.2) is 36.7 Å². The number of imidazole rings is 1. The minimum Gasteiger partial charge on any atom is -0.508 e. The number of aromatic hydroxyl groups is 1. The number of morpholine rings is 1. The molecule has 2 aromatic rings. The lowest BCUT2D eigenvalue weighted by Crippen LogP contribution is -2.46. The van der Waals surface area contributed by atoms with E-state index in [1.54, 1.807) is 12.1 Å². The van der Waals surface area contributed by atoms with E-state index >= 15 is 0 Å². The van der Waals surface area contributed by atoms with Crippen LogP contribution in [0, 0.1) is 0 Å². The molecular formula is C18H23N3O3. The molecule has 0 bridgehead atoms. The van der Waals surface area contributed by atoms with E-state index in [0.717, 1.165) is 37.5 Å². The second-order valence-electron chi connectivity index (χ2n) is 6.67. The fourth-order valence-electron chi connectivity index (χ4n) is 3.88. The Balaban J connectivity index is 1.52. The molecule has 24 heavy (non-hydrogen) atoms. The molecule has 0 saturated carbocycles. The van der Waals surface area contributed by atoms with Gasteiger partial charge in [-0.1, -0.05) is 0 Å². The van der Waals surface area contributed by atoms with Crippen LogP contribution in [-0.2, 0) is 4.74 Å². The van der Waals surface area contributed by atoms with Crippen molar-refractivity contribution in [3.63, 3.8) is 0 Å². The number of ether oxygens (including phenoxy) is 1. The van der Waals surface area contributed by atoms with Crippen LogP contribution in [0.2, 0.25) is 0 Å². The molecule has 3 atom stereocenters. The third-order valence-corrected chi connectivity index (χ3v) is 5.11. The molecular weight excluding hydrogens is 306 g/mol. The quantitative estimate of drug-likeness (QED) is 0.892. The van der Waals surface area contributed by atoms with Crippen molar-refractivity contribution < 1.29 is 14.9 Å². The summed E-state index contributed by atoms with van der Waals surface area (Å²) in [6, 6.07) is 8.00. The molecule has 2 aliphatic heterocycles. The highest BCUT2D eigenvalue weighted by molar-refractivity contribution is 5.57. The number of phenolic OH excluding ortho intramolecular Hbond substituents is 1. The first-order valence-corrected chi connectivity index (χ1v) is 8.53. The van der Waals surface area contributed by atoms with Gasteiger partial charge in [-0.2, -0.15) is 0 Å². The summed E-state index contributed by atoms with van der Waals surface area (Å²) >= 11 is 0. The van der Waals surface area contributed by atoms with Gasteiger partial charge in [0.2, 0.25) is 0 Å². The summed E-state index contributed by atoms with van der Waals surface area (Å²) in [6.45, 7) is 2.80. The van der Waals surface area contributed by atoms with Gasteiger partial charge in [-0.3, -0.25) is 4.90 Å². The van der Waals surface area contributed by atoms with E-state index in [2.05, 4.69) is 14.5 Å². The zero-order valence-electron chi connectivity index (χ0n) is 13.6. The van der Waals surface area contributed by atoms with Gasteiger partial charge in [0.15, 0.2) is 0 Å². The van der Waals surface area contributed by atoms with E-state index in [1.807, 2.05) is 24.5 Å². The van der Waals surface area contributed by atoms with Gasteiger partial charge in [0.05, 0.1) is 12.7 Å². The third-order valence-electron chi connectivity index (χ3n) is 5.11. The molecule has 0 unspecified atom stereocenters. The van der Waals surface area contributed by atoms with Gasteiger partial charge >= 0.3 is 0 Å². The van der Waals surface area contributed by atoms with Crippen LogP contribution in [-0.4, -0.2) is 63.1 Å². The van der Waals surface area contributed by atoms with Crippen LogP contribution in [0.5, 0.6) is 5.75 Å². The number of aromatic nitrogens is 2. The van der Waals surface area contributed by atoms with E-state index in [9.17, 15) is 5.11 Å². The van der Waals surface area contributed by atoms with Gasteiger partial charge in [0.1, 0.15) is 11.6 Å². The lowest BCUT2D eigenvalue weighted by Gasteiger charge is -2.34. The molecule has 2 saturated heterocycles. The average molecular weight is 329 g/mol. The topological polar surface area (TPSA) is 70.8 Å². The maximum absolute atomic E-state index is 9.48. The van der Waals surface area contributed by atoms with Gasteiger partial charge in [-0.05, 0) is 37.1 Å². The number of nitrogens with zero attached hydrogens (tertiary/aromatic N) is 3. The number of phenols is 1. The molecule has 1 aromatic heterocycles. The molecule has 0 spiro atoms. The van der Waals surface area contributed by atoms with Crippen LogP contribution in [0.4, 0.5) is 0 Å². The molecule has 2 N–H and O–H groups in total. The Kier molecular flexibility index (Phi) is 4.26. The van der Waals surface area contributed by atoms with Crippen LogP contribution >= 0.6 is 0 Å². The van der Waals surface area contributed by atoms with E-state index in [-0.39, 0.29) is 18.5 Å². The molecule has 0 aliphatic carbocycles. The summed E-state index contributed by atoms with van der Waals surface area (Å²) in [5, 5.41) is 18.6. The molecule has 2 aliphatic rings. The van der Waals surface area contributed by atoms with Gasteiger partial charge < -0.3 is 19.5 Å². The lowest BCUT2D eigenvalue weighted by atomic mass is 10.1. The van der Waals surface area contributed by atoms with E-state index in [0.29, 0.717) is 18.5 Å². The number of hydrogen-bond donors (Lipinski definition) is 2. The highest BCUT2D eigenvalue weighted by atomic mass is 16.5. The number of rotatable bonds is 4. The summed E-state index contributed by atoms with van der Waals surface area (Å²) in [4.78, 5) is 7.00. The molecule has 1 aromatic carbocycles. The Morgan fingerprint density at radius 1 is 1.17 bits per heavy atom. The monoisotopic (exact) mass is 329 g/mol. The van der Waals surface area contributed by atoms with Crippen molar-refractivity contribution >= 4 is 0 Å². The third kappa shape index (κ3) is 2.92.